The Morgan fingerprint density at radius 3 is 2.45 bits per heavy atom. The fourth-order valence-electron chi connectivity index (χ4n) is 4.61. The summed E-state index contributed by atoms with van der Waals surface area (Å²) in [6.45, 7) is 4.76. The van der Waals surface area contributed by atoms with E-state index in [9.17, 15) is 9.59 Å². The lowest BCUT2D eigenvalue weighted by Crippen LogP contribution is -2.49. The normalized spacial score (nSPS) is 15.8. The minimum Gasteiger partial charge on any atom is -0.336 e. The van der Waals surface area contributed by atoms with Crippen molar-refractivity contribution < 1.29 is 4.79 Å². The molecule has 0 bridgehead atoms. The van der Waals surface area contributed by atoms with E-state index in [2.05, 4.69) is 11.8 Å². The van der Waals surface area contributed by atoms with Crippen molar-refractivity contribution in [1.82, 2.24) is 19.4 Å². The zero-order chi connectivity index (χ0) is 23.1. The number of rotatable bonds is 3. The molecule has 33 heavy (non-hydrogen) atoms. The van der Waals surface area contributed by atoms with E-state index in [1.165, 1.54) is 0 Å². The molecule has 6 nitrogen and oxygen atoms in total. The first-order valence-electron chi connectivity index (χ1n) is 11.1. The summed E-state index contributed by atoms with van der Waals surface area (Å²) in [5.41, 5.74) is 1.26. The summed E-state index contributed by atoms with van der Waals surface area (Å²) in [6.07, 6.45) is 0. The zero-order valence-corrected chi connectivity index (χ0v) is 19.4. The van der Waals surface area contributed by atoms with Crippen molar-refractivity contribution in [2.45, 2.75) is 13.0 Å². The molecule has 0 N–H and O–H groups in total. The van der Waals surface area contributed by atoms with Crippen molar-refractivity contribution in [3.8, 4) is 0 Å². The van der Waals surface area contributed by atoms with Gasteiger partial charge in [-0.15, -0.1) is 0 Å². The Hall–Kier alpha value is -3.22. The number of halogens is 1. The standard InChI is InChI=1S/C26H25ClN4O2/c1-17(24-28-23-10-9-21(27)16-22(23)26(33)29(24)2)30-11-13-31(14-12-30)25(32)20-8-7-18-5-3-4-6-19(18)15-20/h3-10,15-17H,11-14H2,1-2H3. The topological polar surface area (TPSA) is 58.4 Å². The number of hydrogen-bond acceptors (Lipinski definition) is 4. The molecular formula is C26H25ClN4O2. The van der Waals surface area contributed by atoms with Crippen LogP contribution in [0.1, 0.15) is 29.1 Å². The molecule has 1 saturated heterocycles. The van der Waals surface area contributed by atoms with Gasteiger partial charge < -0.3 is 4.90 Å². The Morgan fingerprint density at radius 1 is 0.970 bits per heavy atom. The molecule has 0 radical (unpaired) electrons. The Bertz CT molecular complexity index is 1420. The molecule has 1 aliphatic rings. The first kappa shape index (κ1) is 21.6. The second kappa shape index (κ2) is 8.61. The number of hydrogen-bond donors (Lipinski definition) is 0. The van der Waals surface area contributed by atoms with Crippen molar-refractivity contribution in [3.63, 3.8) is 0 Å². The Kier molecular flexibility index (Phi) is 5.64. The van der Waals surface area contributed by atoms with Crippen LogP contribution in [-0.2, 0) is 7.05 Å². The average Bonchev–Trinajstić information content (AvgIpc) is 2.85. The van der Waals surface area contributed by atoms with Gasteiger partial charge in [-0.2, -0.15) is 0 Å². The maximum atomic E-state index is 13.1. The van der Waals surface area contributed by atoms with Gasteiger partial charge in [-0.1, -0.05) is 41.9 Å². The number of amides is 1. The van der Waals surface area contributed by atoms with Crippen molar-refractivity contribution >= 4 is 39.2 Å². The molecule has 1 amide bonds. The van der Waals surface area contributed by atoms with E-state index in [4.69, 9.17) is 16.6 Å². The van der Waals surface area contributed by atoms with Gasteiger partial charge in [0.15, 0.2) is 0 Å². The van der Waals surface area contributed by atoms with Crippen molar-refractivity contribution in [1.29, 1.82) is 0 Å². The second-order valence-electron chi connectivity index (χ2n) is 8.56. The lowest BCUT2D eigenvalue weighted by molar-refractivity contribution is 0.0572. The van der Waals surface area contributed by atoms with E-state index in [1.54, 1.807) is 29.8 Å². The molecule has 7 heteroatoms. The van der Waals surface area contributed by atoms with E-state index in [0.29, 0.717) is 40.4 Å². The monoisotopic (exact) mass is 460 g/mol. The van der Waals surface area contributed by atoms with Crippen LogP contribution in [0.2, 0.25) is 5.02 Å². The van der Waals surface area contributed by atoms with Gasteiger partial charge in [-0.3, -0.25) is 19.1 Å². The summed E-state index contributed by atoms with van der Waals surface area (Å²) in [5, 5.41) is 3.24. The molecule has 2 heterocycles. The van der Waals surface area contributed by atoms with E-state index in [-0.39, 0.29) is 17.5 Å². The first-order chi connectivity index (χ1) is 15.9. The van der Waals surface area contributed by atoms with Crippen LogP contribution in [0.25, 0.3) is 21.7 Å². The summed E-state index contributed by atoms with van der Waals surface area (Å²) in [7, 11) is 1.75. The Balaban J connectivity index is 1.32. The summed E-state index contributed by atoms with van der Waals surface area (Å²) in [4.78, 5) is 34.9. The van der Waals surface area contributed by atoms with Gasteiger partial charge in [0.2, 0.25) is 0 Å². The molecule has 0 spiro atoms. The van der Waals surface area contributed by atoms with Crippen molar-refractivity contribution in [2.24, 2.45) is 7.05 Å². The molecule has 1 unspecified atom stereocenters. The highest BCUT2D eigenvalue weighted by atomic mass is 35.5. The van der Waals surface area contributed by atoms with Crippen LogP contribution < -0.4 is 5.56 Å². The quantitative estimate of drug-likeness (QED) is 0.458. The maximum absolute atomic E-state index is 13.1. The molecule has 0 saturated carbocycles. The molecule has 1 aliphatic heterocycles. The fraction of sp³-hybridized carbons (Fsp3) is 0.269. The minimum atomic E-state index is -0.102. The van der Waals surface area contributed by atoms with Crippen molar-refractivity contribution in [3.05, 3.63) is 87.4 Å². The van der Waals surface area contributed by atoms with E-state index in [0.717, 1.165) is 23.9 Å². The number of carbonyl (C=O) groups excluding carboxylic acids is 1. The molecule has 4 aromatic rings. The van der Waals surface area contributed by atoms with Gasteiger partial charge in [-0.25, -0.2) is 4.98 Å². The Morgan fingerprint density at radius 2 is 1.70 bits per heavy atom. The maximum Gasteiger partial charge on any atom is 0.261 e. The third-order valence-corrected chi connectivity index (χ3v) is 6.83. The van der Waals surface area contributed by atoms with E-state index < -0.39 is 0 Å². The van der Waals surface area contributed by atoms with Crippen molar-refractivity contribution in [2.75, 3.05) is 26.2 Å². The molecule has 168 valence electrons. The highest BCUT2D eigenvalue weighted by Gasteiger charge is 2.27. The molecule has 3 aromatic carbocycles. The van der Waals surface area contributed by atoms with Gasteiger partial charge in [0, 0.05) is 43.8 Å². The van der Waals surface area contributed by atoms with Crippen LogP contribution >= 0.6 is 11.6 Å². The molecular weight excluding hydrogens is 436 g/mol. The molecule has 0 aliphatic carbocycles. The predicted octanol–water partition coefficient (Wildman–Crippen LogP) is 4.26. The van der Waals surface area contributed by atoms with Crippen LogP contribution in [0.3, 0.4) is 0 Å². The SMILES string of the molecule is CC(c1nc2ccc(Cl)cc2c(=O)n1C)N1CCN(C(=O)c2ccc3ccccc3c2)CC1. The number of aromatic nitrogens is 2. The summed E-state index contributed by atoms with van der Waals surface area (Å²) < 4.78 is 1.61. The van der Waals surface area contributed by atoms with Gasteiger partial charge in [0.1, 0.15) is 5.82 Å². The fourth-order valence-corrected chi connectivity index (χ4v) is 4.79. The van der Waals surface area contributed by atoms with Crippen LogP contribution in [-0.4, -0.2) is 51.4 Å². The number of carbonyl (C=O) groups is 1. The minimum absolute atomic E-state index is 0.0549. The first-order valence-corrected chi connectivity index (χ1v) is 11.5. The molecule has 5 rings (SSSR count). The number of fused-ring (bicyclic) bond motifs is 2. The Labute approximate surface area is 197 Å². The lowest BCUT2D eigenvalue weighted by Gasteiger charge is -2.38. The highest BCUT2D eigenvalue weighted by molar-refractivity contribution is 6.31. The largest absolute Gasteiger partial charge is 0.336 e. The number of nitrogens with zero attached hydrogens (tertiary/aromatic N) is 4. The predicted molar refractivity (Wildman–Crippen MR) is 132 cm³/mol. The van der Waals surface area contributed by atoms with Gasteiger partial charge in [-0.05, 0) is 48.0 Å². The van der Waals surface area contributed by atoms with E-state index >= 15 is 0 Å². The highest BCUT2D eigenvalue weighted by Crippen LogP contribution is 2.23. The van der Waals surface area contributed by atoms with Crippen LogP contribution in [0.15, 0.2) is 65.5 Å². The average molecular weight is 461 g/mol. The number of piperazine rings is 1. The van der Waals surface area contributed by atoms with E-state index in [1.807, 2.05) is 47.4 Å². The van der Waals surface area contributed by atoms with Gasteiger partial charge in [0.25, 0.3) is 11.5 Å². The molecule has 1 atom stereocenters. The van der Waals surface area contributed by atoms with Crippen LogP contribution in [0, 0.1) is 0 Å². The summed E-state index contributed by atoms with van der Waals surface area (Å²) in [6, 6.07) is 19.1. The number of benzene rings is 3. The second-order valence-corrected chi connectivity index (χ2v) is 9.00. The smallest absolute Gasteiger partial charge is 0.261 e. The van der Waals surface area contributed by atoms with Gasteiger partial charge in [0.05, 0.1) is 16.9 Å². The lowest BCUT2D eigenvalue weighted by atomic mass is 10.1. The van der Waals surface area contributed by atoms with Crippen LogP contribution in [0.4, 0.5) is 0 Å². The van der Waals surface area contributed by atoms with Crippen LogP contribution in [0.5, 0.6) is 0 Å². The van der Waals surface area contributed by atoms with Gasteiger partial charge >= 0.3 is 0 Å². The summed E-state index contributed by atoms with van der Waals surface area (Å²) in [5.74, 6) is 0.769. The third-order valence-electron chi connectivity index (χ3n) is 6.59. The molecule has 1 aromatic heterocycles. The molecule has 1 fully saturated rings. The summed E-state index contributed by atoms with van der Waals surface area (Å²) >= 11 is 6.06. The third kappa shape index (κ3) is 4.01. The zero-order valence-electron chi connectivity index (χ0n) is 18.7.